The van der Waals surface area contributed by atoms with Crippen molar-refractivity contribution in [1.82, 2.24) is 4.72 Å². The molecule has 5 nitrogen and oxygen atoms in total. The van der Waals surface area contributed by atoms with E-state index in [4.69, 9.17) is 0 Å². The molecule has 0 bridgehead atoms. The summed E-state index contributed by atoms with van der Waals surface area (Å²) >= 11 is 0. The van der Waals surface area contributed by atoms with Crippen molar-refractivity contribution >= 4 is 19.9 Å². The van der Waals surface area contributed by atoms with E-state index >= 15 is 0 Å². The van der Waals surface area contributed by atoms with Crippen LogP contribution in [-0.2, 0) is 32.6 Å². The Kier molecular flexibility index (Phi) is 5.26. The molecule has 0 aliphatic carbocycles. The van der Waals surface area contributed by atoms with E-state index in [9.17, 15) is 30.0 Å². The fourth-order valence-corrected chi connectivity index (χ4v) is 3.80. The molecule has 0 fully saturated rings. The molecule has 0 aliphatic rings. The van der Waals surface area contributed by atoms with Crippen LogP contribution in [0.4, 0.5) is 13.2 Å². The van der Waals surface area contributed by atoms with Gasteiger partial charge in [-0.3, -0.25) is 0 Å². The molecule has 2 aromatic rings. The van der Waals surface area contributed by atoms with Crippen molar-refractivity contribution in [3.05, 3.63) is 59.7 Å². The Morgan fingerprint density at radius 1 is 0.920 bits per heavy atom. The van der Waals surface area contributed by atoms with Crippen molar-refractivity contribution in [2.75, 3.05) is 6.26 Å². The minimum Gasteiger partial charge on any atom is -0.224 e. The standard InChI is InChI=1S/C15H14F3NO4S2/c1-24(20,21)13-6-3-7-14(9-13)25(22,23)19-10-11-4-2-5-12(8-11)15(16,17)18/h2-9,19H,10H2,1H3. The number of halogens is 3. The zero-order chi connectivity index (χ0) is 18.9. The highest BCUT2D eigenvalue weighted by atomic mass is 32.2. The van der Waals surface area contributed by atoms with Gasteiger partial charge in [-0.25, -0.2) is 21.6 Å². The number of alkyl halides is 3. The van der Waals surface area contributed by atoms with Gasteiger partial charge in [0.05, 0.1) is 15.4 Å². The lowest BCUT2D eigenvalue weighted by Gasteiger charge is -2.10. The molecule has 2 rings (SSSR count). The lowest BCUT2D eigenvalue weighted by Crippen LogP contribution is -2.23. The van der Waals surface area contributed by atoms with Crippen molar-refractivity contribution in [1.29, 1.82) is 0 Å². The number of hydrogen-bond donors (Lipinski definition) is 1. The van der Waals surface area contributed by atoms with Crippen LogP contribution in [0.15, 0.2) is 58.3 Å². The Morgan fingerprint density at radius 2 is 1.52 bits per heavy atom. The van der Waals surface area contributed by atoms with E-state index < -0.39 is 31.6 Å². The summed E-state index contributed by atoms with van der Waals surface area (Å²) in [5.41, 5.74) is -0.763. The smallest absolute Gasteiger partial charge is 0.224 e. The minimum absolute atomic E-state index is 0.123. The molecule has 0 heterocycles. The van der Waals surface area contributed by atoms with Crippen molar-refractivity contribution in [2.45, 2.75) is 22.5 Å². The molecular weight excluding hydrogens is 379 g/mol. The van der Waals surface area contributed by atoms with Crippen molar-refractivity contribution in [3.63, 3.8) is 0 Å². The molecule has 0 aromatic heterocycles. The molecule has 0 atom stereocenters. The Hall–Kier alpha value is -1.91. The zero-order valence-electron chi connectivity index (χ0n) is 12.9. The van der Waals surface area contributed by atoms with Crippen LogP contribution < -0.4 is 4.72 Å². The SMILES string of the molecule is CS(=O)(=O)c1cccc(S(=O)(=O)NCc2cccc(C(F)(F)F)c2)c1. The van der Waals surface area contributed by atoms with Crippen molar-refractivity contribution in [2.24, 2.45) is 0 Å². The summed E-state index contributed by atoms with van der Waals surface area (Å²) in [5.74, 6) is 0. The maximum absolute atomic E-state index is 12.7. The van der Waals surface area contributed by atoms with Gasteiger partial charge in [-0.1, -0.05) is 24.3 Å². The first-order valence-electron chi connectivity index (χ1n) is 6.85. The Labute approximate surface area is 143 Å². The highest BCUT2D eigenvalue weighted by Gasteiger charge is 2.30. The molecule has 0 unspecified atom stereocenters. The molecule has 0 saturated carbocycles. The van der Waals surface area contributed by atoms with E-state index in [1.54, 1.807) is 0 Å². The first-order valence-corrected chi connectivity index (χ1v) is 10.2. The zero-order valence-corrected chi connectivity index (χ0v) is 14.5. The van der Waals surface area contributed by atoms with Crippen LogP contribution >= 0.6 is 0 Å². The lowest BCUT2D eigenvalue weighted by molar-refractivity contribution is -0.137. The molecular formula is C15H14F3NO4S2. The van der Waals surface area contributed by atoms with Gasteiger partial charge >= 0.3 is 6.18 Å². The van der Waals surface area contributed by atoms with Gasteiger partial charge in [0.1, 0.15) is 0 Å². The number of nitrogens with one attached hydrogen (secondary N) is 1. The molecule has 0 radical (unpaired) electrons. The van der Waals surface area contributed by atoms with Crippen LogP contribution in [0.25, 0.3) is 0 Å². The Morgan fingerprint density at radius 3 is 2.12 bits per heavy atom. The van der Waals surface area contributed by atoms with Crippen LogP contribution in [0.1, 0.15) is 11.1 Å². The summed E-state index contributed by atoms with van der Waals surface area (Å²) in [6.07, 6.45) is -3.59. The largest absolute Gasteiger partial charge is 0.416 e. The van der Waals surface area contributed by atoms with Crippen molar-refractivity contribution in [3.8, 4) is 0 Å². The first kappa shape index (κ1) is 19.4. The molecule has 0 saturated heterocycles. The van der Waals surface area contributed by atoms with Crippen molar-refractivity contribution < 1.29 is 30.0 Å². The van der Waals surface area contributed by atoms with E-state index in [1.165, 1.54) is 30.3 Å². The molecule has 2 aromatic carbocycles. The highest BCUT2D eigenvalue weighted by molar-refractivity contribution is 7.91. The summed E-state index contributed by atoms with van der Waals surface area (Å²) in [4.78, 5) is -0.461. The number of hydrogen-bond acceptors (Lipinski definition) is 4. The Bertz CT molecular complexity index is 984. The van der Waals surface area contributed by atoms with E-state index in [0.717, 1.165) is 24.5 Å². The number of sulfone groups is 1. The van der Waals surface area contributed by atoms with Gasteiger partial charge in [0, 0.05) is 12.8 Å². The predicted octanol–water partition coefficient (Wildman–Crippen LogP) is 2.59. The fraction of sp³-hybridized carbons (Fsp3) is 0.200. The first-order chi connectivity index (χ1) is 11.4. The summed E-state index contributed by atoms with van der Waals surface area (Å²) in [7, 11) is -7.68. The molecule has 1 N–H and O–H groups in total. The summed E-state index contributed by atoms with van der Waals surface area (Å²) in [6.45, 7) is -0.366. The van der Waals surface area contributed by atoms with Gasteiger partial charge < -0.3 is 0 Å². The second-order valence-electron chi connectivity index (χ2n) is 5.27. The summed E-state index contributed by atoms with van der Waals surface area (Å²) in [6, 6.07) is 8.97. The number of sulfonamides is 1. The summed E-state index contributed by atoms with van der Waals surface area (Å²) in [5, 5.41) is 0. The highest BCUT2D eigenvalue weighted by Crippen LogP contribution is 2.29. The predicted molar refractivity (Wildman–Crippen MR) is 85.0 cm³/mol. The lowest BCUT2D eigenvalue weighted by atomic mass is 10.1. The molecule has 10 heteroatoms. The van der Waals surface area contributed by atoms with Crippen LogP contribution in [0.2, 0.25) is 0 Å². The molecule has 25 heavy (non-hydrogen) atoms. The van der Waals surface area contributed by atoms with E-state index in [-0.39, 0.29) is 21.9 Å². The third kappa shape index (κ3) is 5.03. The Balaban J connectivity index is 2.23. The second kappa shape index (κ2) is 6.77. The summed E-state index contributed by atoms with van der Waals surface area (Å²) < 4.78 is 87.6. The molecule has 0 amide bonds. The molecule has 0 aliphatic heterocycles. The normalized spacial score (nSPS) is 13.0. The van der Waals surface area contributed by atoms with Crippen LogP contribution in [0, 0.1) is 0 Å². The fourth-order valence-electron chi connectivity index (χ4n) is 1.99. The minimum atomic E-state index is -4.53. The van der Waals surface area contributed by atoms with E-state index in [2.05, 4.69) is 4.72 Å². The monoisotopic (exact) mass is 393 g/mol. The van der Waals surface area contributed by atoms with E-state index in [0.29, 0.717) is 0 Å². The maximum atomic E-state index is 12.7. The van der Waals surface area contributed by atoms with Gasteiger partial charge in [0.2, 0.25) is 10.0 Å². The maximum Gasteiger partial charge on any atom is 0.416 e. The van der Waals surface area contributed by atoms with Gasteiger partial charge in [0.25, 0.3) is 0 Å². The third-order valence-electron chi connectivity index (χ3n) is 3.26. The van der Waals surface area contributed by atoms with Crippen LogP contribution in [0.5, 0.6) is 0 Å². The van der Waals surface area contributed by atoms with Crippen LogP contribution in [0.3, 0.4) is 0 Å². The average molecular weight is 393 g/mol. The molecule has 136 valence electrons. The van der Waals surface area contributed by atoms with Gasteiger partial charge in [-0.2, -0.15) is 13.2 Å². The third-order valence-corrected chi connectivity index (χ3v) is 5.77. The van der Waals surface area contributed by atoms with Crippen LogP contribution in [-0.4, -0.2) is 23.1 Å². The van der Waals surface area contributed by atoms with Gasteiger partial charge in [-0.05, 0) is 29.8 Å². The van der Waals surface area contributed by atoms with Gasteiger partial charge in [0.15, 0.2) is 9.84 Å². The average Bonchev–Trinajstić information content (AvgIpc) is 2.52. The quantitative estimate of drug-likeness (QED) is 0.847. The number of rotatable bonds is 5. The topological polar surface area (TPSA) is 80.3 Å². The second-order valence-corrected chi connectivity index (χ2v) is 9.05. The number of benzene rings is 2. The van der Waals surface area contributed by atoms with E-state index in [1.807, 2.05) is 0 Å². The van der Waals surface area contributed by atoms with Gasteiger partial charge in [-0.15, -0.1) is 0 Å². The molecule has 0 spiro atoms.